The Balaban J connectivity index is 2.51. The number of pyridine rings is 1. The van der Waals surface area contributed by atoms with E-state index in [2.05, 4.69) is 29.6 Å². The molecule has 70 valence electrons. The zero-order valence-electron chi connectivity index (χ0n) is 8.49. The molecule has 0 radical (unpaired) electrons. The molecular weight excluding hydrogens is 176 g/mol. The van der Waals surface area contributed by atoms with Gasteiger partial charge < -0.3 is 0 Å². The molecule has 0 bridgehead atoms. The van der Waals surface area contributed by atoms with Gasteiger partial charge in [-0.3, -0.25) is 9.98 Å². The van der Waals surface area contributed by atoms with E-state index in [-0.39, 0.29) is 0 Å². The summed E-state index contributed by atoms with van der Waals surface area (Å²) >= 11 is 0. The van der Waals surface area contributed by atoms with Gasteiger partial charge >= 0.3 is 0 Å². The Hall–Kier alpha value is -0.963. The van der Waals surface area contributed by atoms with Crippen molar-refractivity contribution in [1.29, 1.82) is 0 Å². The van der Waals surface area contributed by atoms with Crippen LogP contribution in [0.3, 0.4) is 0 Å². The van der Waals surface area contributed by atoms with E-state index in [0.29, 0.717) is 0 Å². The van der Waals surface area contributed by atoms with Gasteiger partial charge in [-0.15, -0.1) is 0 Å². The van der Waals surface area contributed by atoms with Crippen molar-refractivity contribution < 1.29 is 0 Å². The highest BCUT2D eigenvalue weighted by Crippen LogP contribution is 2.00. The molecule has 0 saturated carbocycles. The first-order valence-electron chi connectivity index (χ1n) is 4.49. The number of rotatable bonds is 3. The second-order valence-corrected chi connectivity index (χ2v) is 9.72. The van der Waals surface area contributed by atoms with Crippen LogP contribution >= 0.6 is 0 Å². The number of hydrogen-bond acceptors (Lipinski definition) is 2. The SMILES string of the molecule is C[Si](C)(C)CN=Cc1ccccn1. The number of nitrogens with zero attached hydrogens (tertiary/aromatic N) is 2. The zero-order valence-corrected chi connectivity index (χ0v) is 9.49. The molecule has 0 amide bonds. The van der Waals surface area contributed by atoms with Gasteiger partial charge in [0.15, 0.2) is 0 Å². The molecule has 0 N–H and O–H groups in total. The third-order valence-corrected chi connectivity index (χ3v) is 2.61. The highest BCUT2D eigenvalue weighted by atomic mass is 28.3. The molecular formula is C10H16N2Si. The van der Waals surface area contributed by atoms with E-state index in [0.717, 1.165) is 11.9 Å². The molecule has 0 aliphatic carbocycles. The summed E-state index contributed by atoms with van der Waals surface area (Å²) in [5, 5.41) is 0. The maximum absolute atomic E-state index is 4.39. The molecule has 0 spiro atoms. The lowest BCUT2D eigenvalue weighted by Crippen LogP contribution is -2.24. The summed E-state index contributed by atoms with van der Waals surface area (Å²) in [5.74, 6) is 0. The topological polar surface area (TPSA) is 25.2 Å². The van der Waals surface area contributed by atoms with Crippen LogP contribution in [0.5, 0.6) is 0 Å². The minimum Gasteiger partial charge on any atom is -0.294 e. The van der Waals surface area contributed by atoms with Crippen LogP contribution in [0.1, 0.15) is 5.69 Å². The zero-order chi connectivity index (χ0) is 9.73. The largest absolute Gasteiger partial charge is 0.294 e. The van der Waals surface area contributed by atoms with Crippen molar-refractivity contribution in [2.45, 2.75) is 19.6 Å². The summed E-state index contributed by atoms with van der Waals surface area (Å²) in [6, 6.07) is 5.85. The molecule has 2 nitrogen and oxygen atoms in total. The Bertz CT molecular complexity index is 275. The molecule has 1 aromatic rings. The third-order valence-electron chi connectivity index (χ3n) is 1.48. The first kappa shape index (κ1) is 10.1. The van der Waals surface area contributed by atoms with Crippen LogP contribution in [0.4, 0.5) is 0 Å². The maximum atomic E-state index is 4.39. The summed E-state index contributed by atoms with van der Waals surface area (Å²) in [6.45, 7) is 6.92. The second kappa shape index (κ2) is 4.32. The molecule has 0 fully saturated rings. The Kier molecular flexibility index (Phi) is 3.37. The van der Waals surface area contributed by atoms with Gasteiger partial charge in [-0.25, -0.2) is 0 Å². The smallest absolute Gasteiger partial charge is 0.0807 e. The summed E-state index contributed by atoms with van der Waals surface area (Å²) in [6.07, 6.45) is 4.62. The first-order chi connectivity index (χ1) is 6.08. The maximum Gasteiger partial charge on any atom is 0.0807 e. The Morgan fingerprint density at radius 1 is 1.38 bits per heavy atom. The van der Waals surface area contributed by atoms with Gasteiger partial charge in [0.1, 0.15) is 0 Å². The molecule has 0 saturated heterocycles. The fraction of sp³-hybridized carbons (Fsp3) is 0.400. The van der Waals surface area contributed by atoms with Crippen LogP contribution in [0.15, 0.2) is 29.4 Å². The van der Waals surface area contributed by atoms with E-state index in [9.17, 15) is 0 Å². The van der Waals surface area contributed by atoms with E-state index in [4.69, 9.17) is 0 Å². The van der Waals surface area contributed by atoms with Crippen molar-refractivity contribution in [3.05, 3.63) is 30.1 Å². The molecule has 0 aliphatic rings. The standard InChI is InChI=1S/C10H16N2Si/c1-13(2,3)9-11-8-10-6-4-5-7-12-10/h4-8H,9H2,1-3H3. The Labute approximate surface area is 80.8 Å². The van der Waals surface area contributed by atoms with Gasteiger partial charge in [-0.2, -0.15) is 0 Å². The highest BCUT2D eigenvalue weighted by Gasteiger charge is 2.10. The average Bonchev–Trinajstić information content (AvgIpc) is 2.04. The molecule has 1 rings (SSSR count). The number of hydrogen-bond donors (Lipinski definition) is 0. The van der Waals surface area contributed by atoms with Crippen LogP contribution in [-0.2, 0) is 0 Å². The summed E-state index contributed by atoms with van der Waals surface area (Å²) in [7, 11) is -1.04. The summed E-state index contributed by atoms with van der Waals surface area (Å²) in [5.41, 5.74) is 0.945. The molecule has 3 heteroatoms. The van der Waals surface area contributed by atoms with Crippen LogP contribution in [0.25, 0.3) is 0 Å². The lowest BCUT2D eigenvalue weighted by atomic mass is 10.4. The molecule has 0 unspecified atom stereocenters. The van der Waals surface area contributed by atoms with Crippen LogP contribution < -0.4 is 0 Å². The van der Waals surface area contributed by atoms with Crippen molar-refractivity contribution >= 4 is 14.3 Å². The molecule has 1 heterocycles. The molecule has 0 atom stereocenters. The molecule has 0 aromatic carbocycles. The Morgan fingerprint density at radius 2 is 2.15 bits per heavy atom. The van der Waals surface area contributed by atoms with Gasteiger partial charge in [0.25, 0.3) is 0 Å². The van der Waals surface area contributed by atoms with E-state index >= 15 is 0 Å². The van der Waals surface area contributed by atoms with Crippen LogP contribution in [-0.4, -0.2) is 25.4 Å². The predicted octanol–water partition coefficient (Wildman–Crippen LogP) is 2.38. The summed E-state index contributed by atoms with van der Waals surface area (Å²) < 4.78 is 0. The van der Waals surface area contributed by atoms with Gasteiger partial charge in [-0.1, -0.05) is 25.7 Å². The molecule has 13 heavy (non-hydrogen) atoms. The average molecular weight is 192 g/mol. The van der Waals surface area contributed by atoms with Gasteiger partial charge in [0.05, 0.1) is 13.8 Å². The Morgan fingerprint density at radius 3 is 2.69 bits per heavy atom. The molecule has 1 aromatic heterocycles. The normalized spacial score (nSPS) is 12.2. The third kappa shape index (κ3) is 4.57. The predicted molar refractivity (Wildman–Crippen MR) is 60.0 cm³/mol. The lowest BCUT2D eigenvalue weighted by Gasteiger charge is -2.10. The van der Waals surface area contributed by atoms with Crippen molar-refractivity contribution in [2.24, 2.45) is 4.99 Å². The van der Waals surface area contributed by atoms with Crippen molar-refractivity contribution in [3.8, 4) is 0 Å². The van der Waals surface area contributed by atoms with E-state index in [1.807, 2.05) is 24.4 Å². The quantitative estimate of drug-likeness (QED) is 0.533. The van der Waals surface area contributed by atoms with Crippen LogP contribution in [0.2, 0.25) is 19.6 Å². The van der Waals surface area contributed by atoms with E-state index < -0.39 is 8.07 Å². The minimum atomic E-state index is -1.04. The monoisotopic (exact) mass is 192 g/mol. The first-order valence-corrected chi connectivity index (χ1v) is 8.19. The van der Waals surface area contributed by atoms with Crippen molar-refractivity contribution in [2.75, 3.05) is 6.17 Å². The van der Waals surface area contributed by atoms with Crippen molar-refractivity contribution in [3.63, 3.8) is 0 Å². The lowest BCUT2D eigenvalue weighted by molar-refractivity contribution is 1.26. The second-order valence-electron chi connectivity index (χ2n) is 4.29. The minimum absolute atomic E-state index is 0.945. The molecule has 0 aliphatic heterocycles. The fourth-order valence-corrected chi connectivity index (χ4v) is 1.50. The van der Waals surface area contributed by atoms with E-state index in [1.54, 1.807) is 6.20 Å². The van der Waals surface area contributed by atoms with Gasteiger partial charge in [0, 0.05) is 18.6 Å². The number of aromatic nitrogens is 1. The van der Waals surface area contributed by atoms with Crippen LogP contribution in [0, 0.1) is 0 Å². The fourth-order valence-electron chi connectivity index (χ4n) is 0.865. The van der Waals surface area contributed by atoms with E-state index in [1.165, 1.54) is 0 Å². The highest BCUT2D eigenvalue weighted by molar-refractivity contribution is 6.76. The number of aliphatic imine (C=N–C) groups is 1. The van der Waals surface area contributed by atoms with Gasteiger partial charge in [-0.05, 0) is 12.1 Å². The van der Waals surface area contributed by atoms with Crippen molar-refractivity contribution in [1.82, 2.24) is 4.98 Å². The van der Waals surface area contributed by atoms with Gasteiger partial charge in [0.2, 0.25) is 0 Å². The summed E-state index contributed by atoms with van der Waals surface area (Å²) in [4.78, 5) is 8.55.